The molecular formula is C8H16FNS. The van der Waals surface area contributed by atoms with E-state index >= 15 is 0 Å². The van der Waals surface area contributed by atoms with Gasteiger partial charge in [-0.3, -0.25) is 0 Å². The molecule has 0 aromatic heterocycles. The van der Waals surface area contributed by atoms with Gasteiger partial charge in [-0.25, -0.2) is 0 Å². The lowest BCUT2D eigenvalue weighted by atomic mass is 9.99. The number of rotatable bonds is 2. The highest BCUT2D eigenvalue weighted by atomic mass is 32.3. The summed E-state index contributed by atoms with van der Waals surface area (Å²) in [5, 5.41) is 8.63. The lowest BCUT2D eigenvalue weighted by Gasteiger charge is -2.40. The average Bonchev–Trinajstić information content (AvgIpc) is 1.83. The topological polar surface area (TPSA) is 23.8 Å². The van der Waals surface area contributed by atoms with Crippen LogP contribution in [-0.4, -0.2) is 17.3 Å². The molecule has 0 N–H and O–H groups in total. The molecule has 3 heteroatoms. The molecule has 1 unspecified atom stereocenters. The Morgan fingerprint density at radius 2 is 1.82 bits per heavy atom. The lowest BCUT2D eigenvalue weighted by molar-refractivity contribution is 0.541. The summed E-state index contributed by atoms with van der Waals surface area (Å²) in [6.07, 6.45) is 3.20. The van der Waals surface area contributed by atoms with E-state index in [1.54, 1.807) is 19.4 Å². The summed E-state index contributed by atoms with van der Waals surface area (Å²) >= 11 is 0. The molecule has 0 amide bonds. The van der Waals surface area contributed by atoms with Gasteiger partial charge in [-0.05, 0) is 33.3 Å². The minimum atomic E-state index is -2.14. The van der Waals surface area contributed by atoms with Crippen LogP contribution in [0.3, 0.4) is 0 Å². The molecule has 0 saturated heterocycles. The van der Waals surface area contributed by atoms with Crippen molar-refractivity contribution in [1.29, 1.82) is 5.26 Å². The average molecular weight is 177 g/mol. The number of nitrogens with zero attached hydrogens (tertiary/aromatic N) is 1. The third-order valence-corrected chi connectivity index (χ3v) is 5.34. The molecule has 0 heterocycles. The summed E-state index contributed by atoms with van der Waals surface area (Å²) in [5.41, 5.74) is 0. The first-order chi connectivity index (χ1) is 4.73. The van der Waals surface area contributed by atoms with E-state index in [1.165, 1.54) is 0 Å². The van der Waals surface area contributed by atoms with E-state index < -0.39 is 15.2 Å². The molecule has 0 saturated carbocycles. The zero-order chi connectivity index (χ0) is 9.28. The summed E-state index contributed by atoms with van der Waals surface area (Å²) in [5.74, 6) is -0.225. The predicted molar refractivity (Wildman–Crippen MR) is 49.4 cm³/mol. The quantitative estimate of drug-likeness (QED) is 0.636. The molecule has 11 heavy (non-hydrogen) atoms. The molecule has 1 nitrogen and oxygen atoms in total. The molecule has 0 aliphatic heterocycles. The highest BCUT2D eigenvalue weighted by Gasteiger charge is 2.38. The number of hydrogen-bond acceptors (Lipinski definition) is 1. The van der Waals surface area contributed by atoms with E-state index in [0.717, 1.165) is 0 Å². The molecule has 0 radical (unpaired) electrons. The van der Waals surface area contributed by atoms with Gasteiger partial charge in [0, 0.05) is 4.75 Å². The van der Waals surface area contributed by atoms with Crippen LogP contribution in [0.4, 0.5) is 3.89 Å². The molecule has 0 aromatic carbocycles. The summed E-state index contributed by atoms with van der Waals surface area (Å²) < 4.78 is 13.0. The van der Waals surface area contributed by atoms with E-state index in [2.05, 4.69) is 6.07 Å². The third kappa shape index (κ3) is 2.10. The Bertz CT molecular complexity index is 176. The zero-order valence-electron chi connectivity index (χ0n) is 7.81. The van der Waals surface area contributed by atoms with Crippen LogP contribution in [0.15, 0.2) is 0 Å². The Kier molecular flexibility index (Phi) is 2.96. The number of nitriles is 1. The van der Waals surface area contributed by atoms with Gasteiger partial charge in [0.05, 0.1) is 12.0 Å². The van der Waals surface area contributed by atoms with Crippen molar-refractivity contribution in [2.24, 2.45) is 5.92 Å². The third-order valence-electron chi connectivity index (χ3n) is 2.49. The van der Waals surface area contributed by atoms with Crippen molar-refractivity contribution < 1.29 is 3.89 Å². The van der Waals surface area contributed by atoms with Gasteiger partial charge in [0.2, 0.25) is 0 Å². The van der Waals surface area contributed by atoms with Crippen molar-refractivity contribution in [3.05, 3.63) is 0 Å². The maximum absolute atomic E-state index is 13.5. The van der Waals surface area contributed by atoms with Crippen molar-refractivity contribution in [2.75, 3.05) is 12.5 Å². The number of halogens is 1. The molecule has 0 aliphatic rings. The fourth-order valence-electron chi connectivity index (χ4n) is 0.576. The normalized spacial score (nSPS) is 17.2. The molecule has 1 atom stereocenters. The van der Waals surface area contributed by atoms with E-state index in [9.17, 15) is 3.89 Å². The highest BCUT2D eigenvalue weighted by Crippen LogP contribution is 2.57. The first-order valence-electron chi connectivity index (χ1n) is 3.55. The van der Waals surface area contributed by atoms with Crippen molar-refractivity contribution in [2.45, 2.75) is 25.5 Å². The molecule has 0 bridgehead atoms. The molecule has 0 rings (SSSR count). The Morgan fingerprint density at radius 3 is 1.91 bits per heavy atom. The fraction of sp³-hybridized carbons (Fsp3) is 0.875. The van der Waals surface area contributed by atoms with Crippen molar-refractivity contribution >= 4 is 10.4 Å². The van der Waals surface area contributed by atoms with E-state index in [-0.39, 0.29) is 5.92 Å². The Hall–Kier alpha value is -0.230. The SMILES string of the molecule is CC(C#N)C(C)(C)S(C)(C)F. The van der Waals surface area contributed by atoms with Crippen LogP contribution < -0.4 is 0 Å². The molecular weight excluding hydrogens is 161 g/mol. The van der Waals surface area contributed by atoms with Gasteiger partial charge in [-0.1, -0.05) is 10.4 Å². The minimum Gasteiger partial charge on any atom is -0.198 e. The van der Waals surface area contributed by atoms with Crippen molar-refractivity contribution in [3.63, 3.8) is 0 Å². The summed E-state index contributed by atoms with van der Waals surface area (Å²) in [4.78, 5) is 0. The second kappa shape index (κ2) is 3.02. The van der Waals surface area contributed by atoms with Crippen LogP contribution in [-0.2, 0) is 0 Å². The van der Waals surface area contributed by atoms with Crippen LogP contribution in [0.5, 0.6) is 0 Å². The fourth-order valence-corrected chi connectivity index (χ4v) is 1.47. The summed E-state index contributed by atoms with van der Waals surface area (Å²) in [6, 6.07) is 2.09. The standard InChI is InChI=1S/C8H16FNS/c1-7(6-10)8(2,3)11(4,5)9/h7H,1-5H3. The maximum atomic E-state index is 13.5. The van der Waals surface area contributed by atoms with E-state index in [0.29, 0.717) is 0 Å². The molecule has 0 fully saturated rings. The zero-order valence-corrected chi connectivity index (χ0v) is 8.63. The summed E-state index contributed by atoms with van der Waals surface area (Å²) in [7, 11) is -2.14. The van der Waals surface area contributed by atoms with Crippen molar-refractivity contribution in [1.82, 2.24) is 0 Å². The van der Waals surface area contributed by atoms with Gasteiger partial charge in [0.25, 0.3) is 0 Å². The van der Waals surface area contributed by atoms with Gasteiger partial charge in [0.1, 0.15) is 0 Å². The van der Waals surface area contributed by atoms with Crippen LogP contribution in [0.1, 0.15) is 20.8 Å². The second-order valence-corrected chi connectivity index (χ2v) is 7.11. The summed E-state index contributed by atoms with van der Waals surface area (Å²) in [6.45, 7) is 5.40. The Labute approximate surface area is 70.2 Å². The smallest absolute Gasteiger partial charge is 0.0667 e. The van der Waals surface area contributed by atoms with Gasteiger partial charge in [-0.15, -0.1) is 0 Å². The van der Waals surface area contributed by atoms with Crippen LogP contribution in [0, 0.1) is 17.2 Å². The molecule has 0 aromatic rings. The van der Waals surface area contributed by atoms with E-state index in [1.807, 2.05) is 13.8 Å². The van der Waals surface area contributed by atoms with Crippen molar-refractivity contribution in [3.8, 4) is 6.07 Å². The Balaban J connectivity index is 4.62. The molecule has 66 valence electrons. The van der Waals surface area contributed by atoms with Gasteiger partial charge < -0.3 is 0 Å². The van der Waals surface area contributed by atoms with Crippen LogP contribution in [0.2, 0.25) is 0 Å². The largest absolute Gasteiger partial charge is 0.198 e. The molecule has 0 aliphatic carbocycles. The maximum Gasteiger partial charge on any atom is 0.0667 e. The van der Waals surface area contributed by atoms with Crippen LogP contribution in [0.25, 0.3) is 0 Å². The first-order valence-corrected chi connectivity index (χ1v) is 5.90. The van der Waals surface area contributed by atoms with E-state index in [4.69, 9.17) is 5.26 Å². The highest BCUT2D eigenvalue weighted by molar-refractivity contribution is 8.29. The first kappa shape index (κ1) is 10.8. The second-order valence-electron chi connectivity index (χ2n) is 3.66. The Morgan fingerprint density at radius 1 is 1.45 bits per heavy atom. The number of hydrogen-bond donors (Lipinski definition) is 0. The predicted octanol–water partition coefficient (Wildman–Crippen LogP) is 2.87. The van der Waals surface area contributed by atoms with Gasteiger partial charge in [0.15, 0.2) is 0 Å². The molecule has 0 spiro atoms. The van der Waals surface area contributed by atoms with Gasteiger partial charge in [-0.2, -0.15) is 9.15 Å². The lowest BCUT2D eigenvalue weighted by Crippen LogP contribution is -2.31. The monoisotopic (exact) mass is 177 g/mol. The van der Waals surface area contributed by atoms with Gasteiger partial charge >= 0.3 is 0 Å². The van der Waals surface area contributed by atoms with Crippen LogP contribution >= 0.6 is 10.4 Å². The minimum absolute atomic E-state index is 0.225.